The van der Waals surface area contributed by atoms with E-state index in [1.165, 1.54) is 0 Å². The van der Waals surface area contributed by atoms with Gasteiger partial charge in [0.05, 0.1) is 30.0 Å². The van der Waals surface area contributed by atoms with Crippen LogP contribution in [-0.4, -0.2) is 77.4 Å². The molecule has 0 aromatic carbocycles. The van der Waals surface area contributed by atoms with Crippen molar-refractivity contribution in [3.8, 4) is 0 Å². The molecular weight excluding hydrogens is 488 g/mol. The number of aliphatic hydroxyl groups excluding tert-OH is 2. The monoisotopic (exact) mass is 534 g/mol. The van der Waals surface area contributed by atoms with E-state index in [0.717, 1.165) is 44.1 Å². The Hall–Kier alpha value is -1.03. The van der Waals surface area contributed by atoms with E-state index in [-0.39, 0.29) is 53.7 Å². The molecule has 1 saturated heterocycles. The Balaban J connectivity index is 1.18. The van der Waals surface area contributed by atoms with Gasteiger partial charge in [0.15, 0.2) is 6.29 Å². The zero-order valence-corrected chi connectivity index (χ0v) is 23.3. The van der Waals surface area contributed by atoms with Crippen molar-refractivity contribution in [3.63, 3.8) is 0 Å². The summed E-state index contributed by atoms with van der Waals surface area (Å²) in [5, 5.41) is 34.5. The normalized spacial score (nSPS) is 54.5. The molecule has 5 fully saturated rings. The SMILES string of the molecule is CO[C@@H]1C[C@H](O[C@H]2CC[C@@]3(C)[C@H](CC[C@@H]4[C@H]3[C@H](O)C[C@]3(C)[C@@H](C5=CC(=O)OC5)CC[C@]43O)C2)O[C@H](C)[C@H]1O. The number of rotatable bonds is 4. The third-order valence-corrected chi connectivity index (χ3v) is 12.2. The molecule has 2 heterocycles. The van der Waals surface area contributed by atoms with E-state index < -0.39 is 23.2 Å². The summed E-state index contributed by atoms with van der Waals surface area (Å²) in [4.78, 5) is 11.8. The highest BCUT2D eigenvalue weighted by Crippen LogP contribution is 2.70. The van der Waals surface area contributed by atoms with E-state index >= 15 is 0 Å². The average molecular weight is 535 g/mol. The second kappa shape index (κ2) is 9.52. The van der Waals surface area contributed by atoms with Gasteiger partial charge in [-0.1, -0.05) is 13.8 Å². The van der Waals surface area contributed by atoms with E-state index in [9.17, 15) is 20.1 Å². The summed E-state index contributed by atoms with van der Waals surface area (Å²) in [6.45, 7) is 6.65. The molecule has 0 unspecified atom stereocenters. The van der Waals surface area contributed by atoms with Crippen LogP contribution in [0.2, 0.25) is 0 Å². The number of aliphatic hydroxyl groups is 3. The number of ether oxygens (including phenoxy) is 4. The van der Waals surface area contributed by atoms with E-state index in [2.05, 4.69) is 13.8 Å². The summed E-state index contributed by atoms with van der Waals surface area (Å²) in [5.74, 6) is 0.285. The highest BCUT2D eigenvalue weighted by atomic mass is 16.7. The van der Waals surface area contributed by atoms with E-state index in [1.807, 2.05) is 6.92 Å². The van der Waals surface area contributed by atoms with Crippen LogP contribution in [0.15, 0.2) is 11.6 Å². The van der Waals surface area contributed by atoms with Gasteiger partial charge in [-0.3, -0.25) is 0 Å². The largest absolute Gasteiger partial charge is 0.458 e. The molecular formula is C30H46O8. The van der Waals surface area contributed by atoms with Crippen LogP contribution >= 0.6 is 0 Å². The van der Waals surface area contributed by atoms with Gasteiger partial charge in [-0.2, -0.15) is 0 Å². The van der Waals surface area contributed by atoms with E-state index in [0.29, 0.717) is 31.8 Å². The highest BCUT2D eigenvalue weighted by Gasteiger charge is 2.70. The van der Waals surface area contributed by atoms with Crippen molar-refractivity contribution in [2.75, 3.05) is 13.7 Å². The smallest absolute Gasteiger partial charge is 0.331 e. The highest BCUT2D eigenvalue weighted by molar-refractivity contribution is 5.85. The van der Waals surface area contributed by atoms with Gasteiger partial charge >= 0.3 is 5.97 Å². The number of esters is 1. The molecule has 214 valence electrons. The van der Waals surface area contributed by atoms with Crippen LogP contribution in [0.1, 0.15) is 78.6 Å². The van der Waals surface area contributed by atoms with Gasteiger partial charge in [-0.25, -0.2) is 4.79 Å². The molecule has 4 saturated carbocycles. The van der Waals surface area contributed by atoms with Crippen molar-refractivity contribution >= 4 is 5.97 Å². The van der Waals surface area contributed by atoms with Crippen molar-refractivity contribution in [3.05, 3.63) is 11.6 Å². The molecule has 0 aromatic rings. The molecule has 13 atom stereocenters. The maximum atomic E-state index is 12.4. The summed E-state index contributed by atoms with van der Waals surface area (Å²) in [7, 11) is 1.62. The first-order chi connectivity index (χ1) is 18.0. The van der Waals surface area contributed by atoms with Crippen molar-refractivity contribution < 1.29 is 39.1 Å². The zero-order valence-electron chi connectivity index (χ0n) is 23.3. The lowest BCUT2D eigenvalue weighted by atomic mass is 9.42. The molecule has 8 heteroatoms. The van der Waals surface area contributed by atoms with Crippen LogP contribution in [0, 0.1) is 34.5 Å². The summed E-state index contributed by atoms with van der Waals surface area (Å²) in [6, 6.07) is 0. The summed E-state index contributed by atoms with van der Waals surface area (Å²) < 4.78 is 23.1. The number of carbonyl (C=O) groups is 1. The number of carbonyl (C=O) groups excluding carboxylic acids is 1. The van der Waals surface area contributed by atoms with Crippen LogP contribution < -0.4 is 0 Å². The number of cyclic esters (lactones) is 1. The second-order valence-electron chi connectivity index (χ2n) is 13.7. The van der Waals surface area contributed by atoms with Crippen molar-refractivity contribution in [2.24, 2.45) is 34.5 Å². The van der Waals surface area contributed by atoms with E-state index in [4.69, 9.17) is 18.9 Å². The molecule has 4 aliphatic carbocycles. The fraction of sp³-hybridized carbons (Fsp3) is 0.900. The maximum Gasteiger partial charge on any atom is 0.331 e. The molecule has 0 spiro atoms. The molecule has 0 amide bonds. The van der Waals surface area contributed by atoms with E-state index in [1.54, 1.807) is 13.2 Å². The lowest BCUT2D eigenvalue weighted by molar-refractivity contribution is -0.278. The van der Waals surface area contributed by atoms with Crippen LogP contribution in [0.3, 0.4) is 0 Å². The fourth-order valence-electron chi connectivity index (χ4n) is 10.1. The van der Waals surface area contributed by atoms with Gasteiger partial charge in [0.25, 0.3) is 0 Å². The summed E-state index contributed by atoms with van der Waals surface area (Å²) in [5.41, 5.74) is -0.389. The minimum absolute atomic E-state index is 0.0464. The standard InChI is InChI=1S/C30H46O8/c1-16-27(33)23(35-4)13-25(37-16)38-19-7-9-28(2)18(12-19)5-6-21-26(28)22(31)14-29(3)20(8-10-30(21,29)34)17-11-24(32)36-15-17/h11,16,18-23,25-27,31,33-34H,5-10,12-15H2,1-4H3/t16-,18-,19+,20-,21-,22-,23-,25+,26+,27-,28+,29-,30+/m1/s1. The maximum absolute atomic E-state index is 12.4. The number of fused-ring (bicyclic) bond motifs is 5. The predicted octanol–water partition coefficient (Wildman–Crippen LogP) is 3.11. The fourth-order valence-corrected chi connectivity index (χ4v) is 10.1. The molecule has 0 bridgehead atoms. The van der Waals surface area contributed by atoms with Crippen molar-refractivity contribution in [1.29, 1.82) is 0 Å². The molecule has 2 aliphatic heterocycles. The van der Waals surface area contributed by atoms with Gasteiger partial charge in [-0.15, -0.1) is 0 Å². The Kier molecular flexibility index (Phi) is 6.80. The molecule has 0 aromatic heterocycles. The zero-order chi connectivity index (χ0) is 27.0. The third kappa shape index (κ3) is 3.96. The first-order valence-corrected chi connectivity index (χ1v) is 14.8. The summed E-state index contributed by atoms with van der Waals surface area (Å²) >= 11 is 0. The molecule has 3 N–H and O–H groups in total. The molecule has 8 nitrogen and oxygen atoms in total. The first-order valence-electron chi connectivity index (χ1n) is 14.8. The van der Waals surface area contributed by atoms with Crippen LogP contribution in [0.4, 0.5) is 0 Å². The molecule has 0 radical (unpaired) electrons. The topological polar surface area (TPSA) is 115 Å². The van der Waals surface area contributed by atoms with Crippen molar-refractivity contribution in [2.45, 2.75) is 121 Å². The van der Waals surface area contributed by atoms with Crippen LogP contribution in [-0.2, 0) is 23.7 Å². The third-order valence-electron chi connectivity index (χ3n) is 12.2. The van der Waals surface area contributed by atoms with Gasteiger partial charge in [0, 0.05) is 25.0 Å². The Labute approximate surface area is 226 Å². The second-order valence-corrected chi connectivity index (χ2v) is 13.7. The molecule has 38 heavy (non-hydrogen) atoms. The Bertz CT molecular complexity index is 968. The first kappa shape index (κ1) is 27.2. The van der Waals surface area contributed by atoms with Crippen LogP contribution in [0.25, 0.3) is 0 Å². The lowest BCUT2D eigenvalue weighted by Crippen LogP contribution is -2.66. The molecule has 6 rings (SSSR count). The molecule has 6 aliphatic rings. The van der Waals surface area contributed by atoms with Crippen molar-refractivity contribution in [1.82, 2.24) is 0 Å². The number of hydrogen-bond acceptors (Lipinski definition) is 8. The van der Waals surface area contributed by atoms with Gasteiger partial charge < -0.3 is 34.3 Å². The van der Waals surface area contributed by atoms with Gasteiger partial charge in [0.2, 0.25) is 0 Å². The minimum atomic E-state index is -0.850. The average Bonchev–Trinajstić information content (AvgIpc) is 3.41. The quantitative estimate of drug-likeness (QED) is 0.372. The van der Waals surface area contributed by atoms with Gasteiger partial charge in [-0.05, 0) is 93.0 Å². The minimum Gasteiger partial charge on any atom is -0.458 e. The lowest BCUT2D eigenvalue weighted by Gasteiger charge is -2.65. The number of methoxy groups -OCH3 is 1. The Morgan fingerprint density at radius 3 is 2.58 bits per heavy atom. The van der Waals surface area contributed by atoms with Gasteiger partial charge in [0.1, 0.15) is 12.7 Å². The predicted molar refractivity (Wildman–Crippen MR) is 138 cm³/mol. The summed E-state index contributed by atoms with van der Waals surface area (Å²) in [6.07, 6.45) is 6.83. The Morgan fingerprint density at radius 2 is 1.87 bits per heavy atom. The Morgan fingerprint density at radius 1 is 1.08 bits per heavy atom. The number of hydrogen-bond donors (Lipinski definition) is 3. The van der Waals surface area contributed by atoms with Crippen LogP contribution in [0.5, 0.6) is 0 Å².